The third-order valence-electron chi connectivity index (χ3n) is 11.5. The summed E-state index contributed by atoms with van der Waals surface area (Å²) >= 11 is 0. The summed E-state index contributed by atoms with van der Waals surface area (Å²) in [4.78, 5) is 0. The zero-order valence-corrected chi connectivity index (χ0v) is 21.8. The van der Waals surface area contributed by atoms with Gasteiger partial charge in [0.05, 0.1) is 0 Å². The second-order valence-electron chi connectivity index (χ2n) is 11.8. The van der Waals surface area contributed by atoms with Crippen molar-refractivity contribution >= 4 is 0 Å². The second kappa shape index (κ2) is 9.22. The van der Waals surface area contributed by atoms with E-state index >= 15 is 0 Å². The Morgan fingerprint density at radius 3 is 2.00 bits per heavy atom. The van der Waals surface area contributed by atoms with Gasteiger partial charge in [0.15, 0.2) is 0 Å². The molecule has 2 N–H and O–H groups in total. The lowest BCUT2D eigenvalue weighted by Gasteiger charge is -2.69. The van der Waals surface area contributed by atoms with Gasteiger partial charge in [0.1, 0.15) is 0 Å². The minimum atomic E-state index is 0.571. The van der Waals surface area contributed by atoms with Crippen LogP contribution in [0.2, 0.25) is 0 Å². The van der Waals surface area contributed by atoms with E-state index in [1.807, 2.05) is 13.8 Å². The molecule has 4 aliphatic rings. The SMILES string of the molecule is CC.CCC1CCC2C3C(C)C(C)C4(C)CC(C)CCC4(C)C3CCC12C.CN. The van der Waals surface area contributed by atoms with Crippen LogP contribution in [0.1, 0.15) is 114 Å². The topological polar surface area (TPSA) is 26.0 Å². The van der Waals surface area contributed by atoms with E-state index in [1.165, 1.54) is 58.4 Å². The van der Waals surface area contributed by atoms with Crippen molar-refractivity contribution in [3.63, 3.8) is 0 Å². The molecule has 10 atom stereocenters. The minimum Gasteiger partial charge on any atom is -0.333 e. The van der Waals surface area contributed by atoms with E-state index in [2.05, 4.69) is 54.2 Å². The molecule has 1 heteroatoms. The molecule has 0 saturated heterocycles. The number of hydrogen-bond acceptors (Lipinski definition) is 1. The molecular weight excluding hydrogens is 350 g/mol. The minimum absolute atomic E-state index is 0.571. The Labute approximate surface area is 184 Å². The molecule has 172 valence electrons. The second-order valence-corrected chi connectivity index (χ2v) is 11.8. The first-order valence-corrected chi connectivity index (χ1v) is 13.3. The highest BCUT2D eigenvalue weighted by molar-refractivity contribution is 5.15. The van der Waals surface area contributed by atoms with E-state index in [9.17, 15) is 0 Å². The lowest BCUT2D eigenvalue weighted by molar-refractivity contribution is -0.209. The maximum absolute atomic E-state index is 4.50. The van der Waals surface area contributed by atoms with Crippen LogP contribution in [0.4, 0.5) is 0 Å². The zero-order chi connectivity index (χ0) is 22.2. The fourth-order valence-corrected chi connectivity index (χ4v) is 9.57. The Balaban J connectivity index is 0.000000707. The Morgan fingerprint density at radius 1 is 0.793 bits per heavy atom. The summed E-state index contributed by atoms with van der Waals surface area (Å²) in [6, 6.07) is 0. The molecule has 4 aliphatic carbocycles. The number of hydrogen-bond donors (Lipinski definition) is 1. The number of fused-ring (bicyclic) bond motifs is 5. The van der Waals surface area contributed by atoms with E-state index in [4.69, 9.17) is 0 Å². The highest BCUT2D eigenvalue weighted by atomic mass is 14.7. The monoisotopic (exact) mass is 405 g/mol. The molecule has 0 heterocycles. The fourth-order valence-electron chi connectivity index (χ4n) is 9.57. The van der Waals surface area contributed by atoms with Crippen molar-refractivity contribution in [2.24, 2.45) is 63.4 Å². The zero-order valence-electron chi connectivity index (χ0n) is 21.8. The van der Waals surface area contributed by atoms with Gasteiger partial charge in [-0.2, -0.15) is 0 Å². The van der Waals surface area contributed by atoms with Gasteiger partial charge in [-0.05, 0) is 103 Å². The first-order chi connectivity index (χ1) is 13.7. The van der Waals surface area contributed by atoms with Gasteiger partial charge in [-0.15, -0.1) is 0 Å². The Kier molecular flexibility index (Phi) is 8.02. The Bertz CT molecular complexity index is 528. The van der Waals surface area contributed by atoms with Gasteiger partial charge in [0.2, 0.25) is 0 Å². The van der Waals surface area contributed by atoms with Crippen molar-refractivity contribution < 1.29 is 0 Å². The van der Waals surface area contributed by atoms with Crippen LogP contribution >= 0.6 is 0 Å². The average molecular weight is 406 g/mol. The van der Waals surface area contributed by atoms with Gasteiger partial charge in [0, 0.05) is 0 Å². The number of rotatable bonds is 1. The van der Waals surface area contributed by atoms with Crippen LogP contribution in [0.15, 0.2) is 0 Å². The molecule has 4 rings (SSSR count). The van der Waals surface area contributed by atoms with Crippen LogP contribution < -0.4 is 5.73 Å². The molecule has 0 spiro atoms. The molecule has 10 unspecified atom stereocenters. The average Bonchev–Trinajstić information content (AvgIpc) is 3.07. The van der Waals surface area contributed by atoms with E-state index in [0.717, 1.165) is 41.4 Å². The van der Waals surface area contributed by atoms with E-state index in [-0.39, 0.29) is 0 Å². The molecule has 4 fully saturated rings. The van der Waals surface area contributed by atoms with Gasteiger partial charge in [0.25, 0.3) is 0 Å². The van der Waals surface area contributed by atoms with Gasteiger partial charge in [-0.25, -0.2) is 0 Å². The predicted octanol–water partition coefficient (Wildman–Crippen LogP) is 8.17. The van der Waals surface area contributed by atoms with Crippen molar-refractivity contribution in [3.8, 4) is 0 Å². The molecule has 4 saturated carbocycles. The highest BCUT2D eigenvalue weighted by Crippen LogP contribution is 2.73. The van der Waals surface area contributed by atoms with E-state index < -0.39 is 0 Å². The molecule has 1 nitrogen and oxygen atoms in total. The van der Waals surface area contributed by atoms with Crippen LogP contribution in [0, 0.1) is 57.7 Å². The summed E-state index contributed by atoms with van der Waals surface area (Å²) in [7, 11) is 1.50. The van der Waals surface area contributed by atoms with Crippen LogP contribution in [-0.2, 0) is 0 Å². The highest BCUT2D eigenvalue weighted by Gasteiger charge is 2.66. The van der Waals surface area contributed by atoms with Gasteiger partial charge in [-0.3, -0.25) is 0 Å². The van der Waals surface area contributed by atoms with Crippen molar-refractivity contribution in [2.75, 3.05) is 7.05 Å². The lowest BCUT2D eigenvalue weighted by atomic mass is 9.35. The molecule has 0 aromatic carbocycles. The van der Waals surface area contributed by atoms with Crippen LogP contribution in [-0.4, -0.2) is 7.05 Å². The van der Waals surface area contributed by atoms with Crippen LogP contribution in [0.5, 0.6) is 0 Å². The standard InChI is InChI=1S/C25H44.C2H6.CH5N/c1-8-19-9-10-20-22-17(3)18(4)25(7)15-16(2)11-14-24(25,6)21(22)12-13-23(19,20)5;2*1-2/h16-22H,8-15H2,1-7H3;1-2H3;2H2,1H3. The van der Waals surface area contributed by atoms with E-state index in [0.29, 0.717) is 16.2 Å². The molecule has 29 heavy (non-hydrogen) atoms. The van der Waals surface area contributed by atoms with Crippen LogP contribution in [0.3, 0.4) is 0 Å². The third kappa shape index (κ3) is 3.54. The van der Waals surface area contributed by atoms with E-state index in [1.54, 1.807) is 0 Å². The number of nitrogens with two attached hydrogens (primary N) is 1. The smallest absolute Gasteiger partial charge is 0.0195 e. The summed E-state index contributed by atoms with van der Waals surface area (Å²) in [6.07, 6.45) is 12.0. The summed E-state index contributed by atoms with van der Waals surface area (Å²) < 4.78 is 0. The normalized spacial score (nSPS) is 53.3. The third-order valence-corrected chi connectivity index (χ3v) is 11.5. The first-order valence-electron chi connectivity index (χ1n) is 13.3. The predicted molar refractivity (Wildman–Crippen MR) is 130 cm³/mol. The van der Waals surface area contributed by atoms with Gasteiger partial charge < -0.3 is 5.73 Å². The molecular formula is C28H55N. The maximum atomic E-state index is 4.50. The van der Waals surface area contributed by atoms with Gasteiger partial charge in [-0.1, -0.05) is 75.2 Å². The summed E-state index contributed by atoms with van der Waals surface area (Å²) in [5.74, 6) is 6.80. The molecule has 0 aromatic rings. The Morgan fingerprint density at radius 2 is 1.41 bits per heavy atom. The molecule has 0 aliphatic heterocycles. The van der Waals surface area contributed by atoms with Crippen molar-refractivity contribution in [1.82, 2.24) is 0 Å². The van der Waals surface area contributed by atoms with Crippen molar-refractivity contribution in [2.45, 2.75) is 114 Å². The van der Waals surface area contributed by atoms with Crippen LogP contribution in [0.25, 0.3) is 0 Å². The molecule has 0 aromatic heterocycles. The molecule has 0 bridgehead atoms. The quantitative estimate of drug-likeness (QED) is 0.467. The summed E-state index contributed by atoms with van der Waals surface area (Å²) in [5, 5.41) is 0. The van der Waals surface area contributed by atoms with Crippen molar-refractivity contribution in [1.29, 1.82) is 0 Å². The molecule has 0 amide bonds. The van der Waals surface area contributed by atoms with Gasteiger partial charge >= 0.3 is 0 Å². The first kappa shape index (κ1) is 25.2. The maximum Gasteiger partial charge on any atom is -0.0195 e. The Hall–Kier alpha value is -0.0400. The molecule has 0 radical (unpaired) electrons. The summed E-state index contributed by atoms with van der Waals surface area (Å²) in [6.45, 7) is 22.4. The fraction of sp³-hybridized carbons (Fsp3) is 1.00. The largest absolute Gasteiger partial charge is 0.333 e. The lowest BCUT2D eigenvalue weighted by Crippen LogP contribution is -2.63. The summed E-state index contributed by atoms with van der Waals surface area (Å²) in [5.41, 5.74) is 6.33. The van der Waals surface area contributed by atoms with Crippen molar-refractivity contribution in [3.05, 3.63) is 0 Å².